The van der Waals surface area contributed by atoms with Gasteiger partial charge in [-0.3, -0.25) is 4.79 Å². The van der Waals surface area contributed by atoms with Crippen LogP contribution in [0.4, 0.5) is 0 Å². The minimum Gasteiger partial charge on any atom is -0.497 e. The Hall–Kier alpha value is -3.08. The largest absolute Gasteiger partial charge is 0.497 e. The molecule has 1 aromatic heterocycles. The van der Waals surface area contributed by atoms with Crippen LogP contribution in [0.1, 0.15) is 35.8 Å². The Morgan fingerprint density at radius 1 is 1.15 bits per heavy atom. The number of aromatic nitrogens is 2. The second-order valence-corrected chi connectivity index (χ2v) is 6.51. The number of nitrogens with one attached hydrogen (secondary N) is 1. The predicted molar refractivity (Wildman–Crippen MR) is 106 cm³/mol. The summed E-state index contributed by atoms with van der Waals surface area (Å²) in [5.41, 5.74) is 2.22. The molecule has 2 aromatic carbocycles. The van der Waals surface area contributed by atoms with Crippen molar-refractivity contribution in [2.24, 2.45) is 7.05 Å². The fourth-order valence-electron chi connectivity index (χ4n) is 3.08. The molecule has 140 valence electrons. The molecule has 0 radical (unpaired) electrons. The molecule has 0 saturated carbocycles. The molecular formula is C22H25N3O2. The molecule has 3 aromatic rings. The predicted octanol–water partition coefficient (Wildman–Crippen LogP) is 3.66. The van der Waals surface area contributed by atoms with Gasteiger partial charge in [0.15, 0.2) is 0 Å². The van der Waals surface area contributed by atoms with Crippen LogP contribution in [0.5, 0.6) is 5.75 Å². The summed E-state index contributed by atoms with van der Waals surface area (Å²) in [4.78, 5) is 17.0. The van der Waals surface area contributed by atoms with Crippen LogP contribution in [-0.2, 0) is 18.3 Å². The van der Waals surface area contributed by atoms with Gasteiger partial charge in [-0.05, 0) is 36.1 Å². The van der Waals surface area contributed by atoms with Gasteiger partial charge in [0.25, 0.3) is 0 Å². The van der Waals surface area contributed by atoms with Gasteiger partial charge in [-0.1, -0.05) is 42.5 Å². The van der Waals surface area contributed by atoms with E-state index in [1.165, 1.54) is 5.56 Å². The van der Waals surface area contributed by atoms with Crippen molar-refractivity contribution in [2.75, 3.05) is 7.11 Å². The van der Waals surface area contributed by atoms with E-state index in [9.17, 15) is 4.79 Å². The van der Waals surface area contributed by atoms with Crippen molar-refractivity contribution in [1.29, 1.82) is 0 Å². The minimum absolute atomic E-state index is 0.0229. The van der Waals surface area contributed by atoms with Gasteiger partial charge < -0.3 is 14.6 Å². The molecule has 0 aliphatic rings. The zero-order valence-electron chi connectivity index (χ0n) is 15.8. The number of nitrogens with zero attached hydrogens (tertiary/aromatic N) is 2. The van der Waals surface area contributed by atoms with E-state index in [-0.39, 0.29) is 11.9 Å². The molecular weight excluding hydrogens is 338 g/mol. The van der Waals surface area contributed by atoms with E-state index in [2.05, 4.69) is 22.4 Å². The first-order valence-electron chi connectivity index (χ1n) is 9.12. The standard InChI is InChI=1S/C22H25N3O2/c1-25-16-15-23-22(25)21(18-11-13-19(27-2)14-12-18)24-20(26)10-6-9-17-7-4-3-5-8-17/h3-5,7-8,11-16,21H,6,9-10H2,1-2H3,(H,24,26). The first-order valence-corrected chi connectivity index (χ1v) is 9.12. The van der Waals surface area contributed by atoms with E-state index in [4.69, 9.17) is 4.74 Å². The number of benzene rings is 2. The number of imidazole rings is 1. The van der Waals surface area contributed by atoms with Gasteiger partial charge in [0.1, 0.15) is 17.6 Å². The van der Waals surface area contributed by atoms with Crippen LogP contribution in [-0.4, -0.2) is 22.6 Å². The van der Waals surface area contributed by atoms with Crippen molar-refractivity contribution >= 4 is 5.91 Å². The summed E-state index contributed by atoms with van der Waals surface area (Å²) >= 11 is 0. The molecule has 0 aliphatic heterocycles. The molecule has 0 bridgehead atoms. The Kier molecular flexibility index (Phi) is 6.26. The highest BCUT2D eigenvalue weighted by molar-refractivity contribution is 5.76. The van der Waals surface area contributed by atoms with E-state index in [1.54, 1.807) is 13.3 Å². The first kappa shape index (κ1) is 18.7. The van der Waals surface area contributed by atoms with Crippen molar-refractivity contribution in [3.63, 3.8) is 0 Å². The summed E-state index contributed by atoms with van der Waals surface area (Å²) in [7, 11) is 3.57. The third-order valence-corrected chi connectivity index (χ3v) is 4.58. The quantitative estimate of drug-likeness (QED) is 0.664. The summed E-state index contributed by atoms with van der Waals surface area (Å²) in [6.45, 7) is 0. The number of carbonyl (C=O) groups excluding carboxylic acids is 1. The van der Waals surface area contributed by atoms with Crippen molar-refractivity contribution in [3.8, 4) is 5.75 Å². The zero-order valence-corrected chi connectivity index (χ0v) is 15.8. The van der Waals surface area contributed by atoms with E-state index < -0.39 is 0 Å². The summed E-state index contributed by atoms with van der Waals surface area (Å²) < 4.78 is 7.16. The minimum atomic E-state index is -0.292. The number of hydrogen-bond acceptors (Lipinski definition) is 3. The Morgan fingerprint density at radius 2 is 1.89 bits per heavy atom. The number of carbonyl (C=O) groups is 1. The van der Waals surface area contributed by atoms with Crippen LogP contribution < -0.4 is 10.1 Å². The molecule has 0 fully saturated rings. The van der Waals surface area contributed by atoms with Gasteiger partial charge in [0.05, 0.1) is 7.11 Å². The average Bonchev–Trinajstić information content (AvgIpc) is 3.13. The monoisotopic (exact) mass is 363 g/mol. The Bertz CT molecular complexity index is 857. The number of methoxy groups -OCH3 is 1. The molecule has 27 heavy (non-hydrogen) atoms. The van der Waals surface area contributed by atoms with Crippen LogP contribution in [0.15, 0.2) is 67.0 Å². The SMILES string of the molecule is COc1ccc(C(NC(=O)CCCc2ccccc2)c2nccn2C)cc1. The number of aryl methyl sites for hydroxylation is 2. The molecule has 1 N–H and O–H groups in total. The molecule has 5 nitrogen and oxygen atoms in total. The van der Waals surface area contributed by atoms with Gasteiger partial charge in [0.2, 0.25) is 5.91 Å². The normalized spacial score (nSPS) is 11.8. The van der Waals surface area contributed by atoms with E-state index in [0.29, 0.717) is 6.42 Å². The summed E-state index contributed by atoms with van der Waals surface area (Å²) in [5.74, 6) is 1.61. The fourth-order valence-corrected chi connectivity index (χ4v) is 3.08. The van der Waals surface area contributed by atoms with Gasteiger partial charge in [-0.25, -0.2) is 4.98 Å². The number of hydrogen-bond donors (Lipinski definition) is 1. The summed E-state index contributed by atoms with van der Waals surface area (Å²) in [6.07, 6.45) is 5.81. The molecule has 0 saturated heterocycles. The highest BCUT2D eigenvalue weighted by atomic mass is 16.5. The molecule has 1 amide bonds. The van der Waals surface area contributed by atoms with Crippen molar-refractivity contribution in [2.45, 2.75) is 25.3 Å². The van der Waals surface area contributed by atoms with Crippen LogP contribution >= 0.6 is 0 Å². The lowest BCUT2D eigenvalue weighted by Gasteiger charge is -2.19. The maximum absolute atomic E-state index is 12.6. The second-order valence-electron chi connectivity index (χ2n) is 6.51. The number of rotatable bonds is 8. The first-order chi connectivity index (χ1) is 13.2. The van der Waals surface area contributed by atoms with Crippen LogP contribution in [0.25, 0.3) is 0 Å². The molecule has 3 rings (SSSR count). The number of ether oxygens (including phenoxy) is 1. The Balaban J connectivity index is 1.67. The highest BCUT2D eigenvalue weighted by Gasteiger charge is 2.20. The zero-order chi connectivity index (χ0) is 19.1. The lowest BCUT2D eigenvalue weighted by molar-refractivity contribution is -0.121. The maximum Gasteiger partial charge on any atom is 0.220 e. The fraction of sp³-hybridized carbons (Fsp3) is 0.273. The number of amides is 1. The van der Waals surface area contributed by atoms with Crippen LogP contribution in [0.2, 0.25) is 0 Å². The van der Waals surface area contributed by atoms with Gasteiger partial charge in [-0.15, -0.1) is 0 Å². The Labute approximate surface area is 160 Å². The third kappa shape index (κ3) is 4.97. The molecule has 1 unspecified atom stereocenters. The van der Waals surface area contributed by atoms with E-state index in [1.807, 2.05) is 60.3 Å². The molecule has 5 heteroatoms. The third-order valence-electron chi connectivity index (χ3n) is 4.58. The molecule has 0 aliphatic carbocycles. The smallest absolute Gasteiger partial charge is 0.220 e. The van der Waals surface area contributed by atoms with Gasteiger partial charge in [-0.2, -0.15) is 0 Å². The van der Waals surface area contributed by atoms with E-state index >= 15 is 0 Å². The second kappa shape index (κ2) is 9.03. The van der Waals surface area contributed by atoms with Crippen molar-refractivity contribution in [1.82, 2.24) is 14.9 Å². The maximum atomic E-state index is 12.6. The van der Waals surface area contributed by atoms with Crippen molar-refractivity contribution in [3.05, 3.63) is 83.9 Å². The molecule has 1 heterocycles. The highest BCUT2D eigenvalue weighted by Crippen LogP contribution is 2.23. The average molecular weight is 363 g/mol. The lowest BCUT2D eigenvalue weighted by Crippen LogP contribution is -2.31. The van der Waals surface area contributed by atoms with E-state index in [0.717, 1.165) is 30.0 Å². The molecule has 1 atom stereocenters. The summed E-state index contributed by atoms with van der Waals surface area (Å²) in [6, 6.07) is 17.7. The van der Waals surface area contributed by atoms with Crippen molar-refractivity contribution < 1.29 is 9.53 Å². The molecule has 0 spiro atoms. The Morgan fingerprint density at radius 3 is 2.52 bits per heavy atom. The lowest BCUT2D eigenvalue weighted by atomic mass is 10.0. The topological polar surface area (TPSA) is 56.1 Å². The summed E-state index contributed by atoms with van der Waals surface area (Å²) in [5, 5.41) is 3.14. The van der Waals surface area contributed by atoms with Crippen LogP contribution in [0.3, 0.4) is 0 Å². The van der Waals surface area contributed by atoms with Gasteiger partial charge >= 0.3 is 0 Å². The van der Waals surface area contributed by atoms with Crippen LogP contribution in [0, 0.1) is 0 Å². The van der Waals surface area contributed by atoms with Gasteiger partial charge in [0, 0.05) is 25.9 Å².